The molecule has 2 aromatic carbocycles. The molecule has 8 N–H and O–H groups in total. The number of ether oxygens (including phenoxy) is 7. The van der Waals surface area contributed by atoms with Gasteiger partial charge in [-0.1, -0.05) is 0 Å². The summed E-state index contributed by atoms with van der Waals surface area (Å²) in [5.41, 5.74) is -1.47. The highest BCUT2D eigenvalue weighted by Crippen LogP contribution is 2.52. The van der Waals surface area contributed by atoms with Crippen LogP contribution in [-0.4, -0.2) is 131 Å². The average molecular weight is 683 g/mol. The molecule has 0 radical (unpaired) electrons. The Bertz CT molecular complexity index is 1660. The Morgan fingerprint density at radius 1 is 0.729 bits per heavy atom. The van der Waals surface area contributed by atoms with Gasteiger partial charge in [-0.2, -0.15) is 0 Å². The number of rotatable bonds is 9. The lowest BCUT2D eigenvalue weighted by atomic mass is 9.89. The monoisotopic (exact) mass is 682 g/mol. The average Bonchev–Trinajstić information content (AvgIpc) is 3.08. The zero-order chi connectivity index (χ0) is 35.2. The number of methoxy groups -OCH3 is 4. The van der Waals surface area contributed by atoms with Gasteiger partial charge in [0.1, 0.15) is 65.7 Å². The number of aliphatic hydroxyl groups is 7. The molecule has 2 aliphatic heterocycles. The van der Waals surface area contributed by atoms with Crippen LogP contribution < -0.4 is 29.1 Å². The van der Waals surface area contributed by atoms with Gasteiger partial charge >= 0.3 is 0 Å². The van der Waals surface area contributed by atoms with Crippen LogP contribution >= 0.6 is 0 Å². The molecule has 5 rings (SSSR count). The quantitative estimate of drug-likeness (QED) is 0.134. The highest BCUT2D eigenvalue weighted by atomic mass is 16.7. The van der Waals surface area contributed by atoms with Crippen LogP contribution in [0.25, 0.3) is 22.3 Å². The number of aromatic hydroxyl groups is 1. The lowest BCUT2D eigenvalue weighted by Gasteiger charge is -2.42. The highest BCUT2D eigenvalue weighted by Gasteiger charge is 2.49. The predicted octanol–water partition coefficient (Wildman–Crippen LogP) is -1.08. The number of hydrogen-bond acceptors (Lipinski definition) is 17. The molecular weight excluding hydrogens is 644 g/mol. The number of phenols is 1. The molecule has 0 bridgehead atoms. The summed E-state index contributed by atoms with van der Waals surface area (Å²) in [5.74, 6) is -1.24. The predicted molar refractivity (Wildman–Crippen MR) is 161 cm³/mol. The minimum atomic E-state index is -1.98. The van der Waals surface area contributed by atoms with E-state index < -0.39 is 107 Å². The van der Waals surface area contributed by atoms with Gasteiger partial charge in [0.25, 0.3) is 0 Å². The van der Waals surface area contributed by atoms with Gasteiger partial charge in [-0.15, -0.1) is 0 Å². The summed E-state index contributed by atoms with van der Waals surface area (Å²) >= 11 is 0. The lowest BCUT2D eigenvalue weighted by molar-refractivity contribution is -0.268. The summed E-state index contributed by atoms with van der Waals surface area (Å²) in [7, 11) is 5.33. The van der Waals surface area contributed by atoms with Gasteiger partial charge in [0.2, 0.25) is 17.8 Å². The summed E-state index contributed by atoms with van der Waals surface area (Å²) in [6, 6.07) is 4.05. The molecule has 2 aliphatic rings. The Morgan fingerprint density at radius 2 is 1.33 bits per heavy atom. The first-order valence-electron chi connectivity index (χ1n) is 14.7. The van der Waals surface area contributed by atoms with Crippen molar-refractivity contribution in [2.24, 2.45) is 0 Å². The minimum absolute atomic E-state index is 0.0721. The maximum Gasteiger partial charge on any atom is 0.229 e. The van der Waals surface area contributed by atoms with E-state index in [0.717, 1.165) is 13.2 Å². The molecule has 3 heterocycles. The smallest absolute Gasteiger partial charge is 0.229 e. The second-order valence-electron chi connectivity index (χ2n) is 11.3. The van der Waals surface area contributed by atoms with Crippen molar-refractivity contribution in [1.29, 1.82) is 0 Å². The minimum Gasteiger partial charge on any atom is -0.504 e. The largest absolute Gasteiger partial charge is 0.504 e. The molecule has 0 spiro atoms. The number of hydrogen-bond donors (Lipinski definition) is 8. The van der Waals surface area contributed by atoms with E-state index >= 15 is 0 Å². The second-order valence-corrected chi connectivity index (χ2v) is 11.3. The third-order valence-corrected chi connectivity index (χ3v) is 8.47. The fourth-order valence-corrected chi connectivity index (χ4v) is 5.85. The molecule has 1 aromatic heterocycles. The van der Waals surface area contributed by atoms with Gasteiger partial charge in [0.15, 0.2) is 28.3 Å². The van der Waals surface area contributed by atoms with Gasteiger partial charge < -0.3 is 78.4 Å². The molecule has 17 heteroatoms. The molecule has 48 heavy (non-hydrogen) atoms. The van der Waals surface area contributed by atoms with Crippen molar-refractivity contribution in [3.8, 4) is 45.8 Å². The Balaban J connectivity index is 1.80. The Hall–Kier alpha value is -3.91. The lowest BCUT2D eigenvalue weighted by Crippen LogP contribution is -2.58. The van der Waals surface area contributed by atoms with Crippen molar-refractivity contribution in [2.45, 2.75) is 68.1 Å². The molecule has 2 saturated heterocycles. The van der Waals surface area contributed by atoms with Crippen molar-refractivity contribution in [3.05, 3.63) is 34.0 Å². The van der Waals surface area contributed by atoms with E-state index in [1.54, 1.807) is 0 Å². The maximum absolute atomic E-state index is 14.1. The van der Waals surface area contributed by atoms with Crippen molar-refractivity contribution >= 4 is 11.0 Å². The van der Waals surface area contributed by atoms with Gasteiger partial charge in [-0.05, 0) is 19.1 Å². The number of phenolic OH excluding ortho intramolecular Hbond substituents is 1. The van der Waals surface area contributed by atoms with E-state index in [4.69, 9.17) is 37.6 Å². The Morgan fingerprint density at radius 3 is 1.90 bits per heavy atom. The summed E-state index contributed by atoms with van der Waals surface area (Å²) in [4.78, 5) is 14.1. The van der Waals surface area contributed by atoms with Crippen LogP contribution in [0.1, 0.15) is 18.6 Å². The molecule has 2 fully saturated rings. The van der Waals surface area contributed by atoms with Crippen molar-refractivity contribution in [2.75, 3.05) is 35.0 Å². The molecule has 4 unspecified atom stereocenters. The second kappa shape index (κ2) is 13.9. The van der Waals surface area contributed by atoms with E-state index in [1.807, 2.05) is 0 Å². The third kappa shape index (κ3) is 5.86. The summed E-state index contributed by atoms with van der Waals surface area (Å²) in [5, 5.41) is 84.5. The van der Waals surface area contributed by atoms with Gasteiger partial charge in [0, 0.05) is 11.6 Å². The maximum atomic E-state index is 14.1. The molecule has 0 aliphatic carbocycles. The van der Waals surface area contributed by atoms with Gasteiger partial charge in [0.05, 0.1) is 46.7 Å². The van der Waals surface area contributed by atoms with Crippen molar-refractivity contribution in [3.63, 3.8) is 0 Å². The molecular formula is C31H38O17. The third-order valence-electron chi connectivity index (χ3n) is 8.47. The fraction of sp³-hybridized carbons (Fsp3) is 0.516. The van der Waals surface area contributed by atoms with E-state index in [0.29, 0.717) is 0 Å². The summed E-state index contributed by atoms with van der Waals surface area (Å²) < 4.78 is 45.0. The van der Waals surface area contributed by atoms with Crippen LogP contribution in [-0.2, 0) is 9.47 Å². The first-order valence-corrected chi connectivity index (χ1v) is 14.7. The van der Waals surface area contributed by atoms with Crippen molar-refractivity contribution in [1.82, 2.24) is 0 Å². The van der Waals surface area contributed by atoms with Crippen LogP contribution in [0.4, 0.5) is 0 Å². The Labute approximate surface area is 272 Å². The normalized spacial score (nSPS) is 30.6. The molecule has 0 saturated carbocycles. The molecule has 3 aromatic rings. The van der Waals surface area contributed by atoms with Gasteiger partial charge in [-0.25, -0.2) is 0 Å². The molecule has 264 valence electrons. The van der Waals surface area contributed by atoms with Crippen LogP contribution in [0.3, 0.4) is 0 Å². The summed E-state index contributed by atoms with van der Waals surface area (Å²) in [6.07, 6.45) is -17.0. The Kier molecular flexibility index (Phi) is 10.3. The summed E-state index contributed by atoms with van der Waals surface area (Å²) in [6.45, 7) is 0.561. The molecule has 10 atom stereocenters. The van der Waals surface area contributed by atoms with Crippen molar-refractivity contribution < 1.29 is 78.4 Å². The van der Waals surface area contributed by atoms with Crippen LogP contribution in [0.2, 0.25) is 0 Å². The van der Waals surface area contributed by atoms with Gasteiger partial charge in [-0.3, -0.25) is 4.79 Å². The molecule has 0 amide bonds. The number of benzene rings is 2. The zero-order valence-corrected chi connectivity index (χ0v) is 26.5. The van der Waals surface area contributed by atoms with Crippen LogP contribution in [0, 0.1) is 0 Å². The van der Waals surface area contributed by atoms with E-state index in [2.05, 4.69) is 0 Å². The number of aliphatic hydroxyl groups excluding tert-OH is 7. The fourth-order valence-electron chi connectivity index (χ4n) is 5.85. The van der Waals surface area contributed by atoms with E-state index in [1.165, 1.54) is 40.4 Å². The first-order chi connectivity index (χ1) is 22.8. The SMILES string of the molecule is COc1cc(-c2cc(=O)c3c(O[C@@H]4O[C@@H](C)[C@H](O)C(O)C4O)c([C@@H]4OC(CO)[C@@H](O)[C@H](O)C4O)c(O)c(OC)c3o2)cc(OC)c1OC. The molecule has 17 nitrogen and oxygen atoms in total. The van der Waals surface area contributed by atoms with Crippen LogP contribution in [0.5, 0.6) is 34.5 Å². The highest BCUT2D eigenvalue weighted by molar-refractivity contribution is 5.94. The van der Waals surface area contributed by atoms with E-state index in [-0.39, 0.29) is 28.6 Å². The van der Waals surface area contributed by atoms with E-state index in [9.17, 15) is 45.6 Å². The van der Waals surface area contributed by atoms with Crippen LogP contribution in [0.15, 0.2) is 27.4 Å². The number of fused-ring (bicyclic) bond motifs is 1. The first kappa shape index (κ1) is 35.4. The zero-order valence-electron chi connectivity index (χ0n) is 26.5. The standard InChI is InChI=1S/C31H38O17/c1-10-19(34)22(37)25(40)31(45-10)48-27-17-12(33)8-13(11-6-14(41-2)26(43-4)15(7-11)42-3)46-29(17)30(44-5)21(36)18(27)28-24(39)23(38)20(35)16(9-32)47-28/h6-8,10,16,19-20,22-25,28,31-32,34-40H,9H2,1-5H3/t10-,16?,19-,20+,22?,23-,24?,25?,28-,31-/m0/s1. The topological polar surface area (TPSA) is 257 Å².